The molecule has 1 aromatic carbocycles. The van der Waals surface area contributed by atoms with Crippen molar-refractivity contribution in [2.24, 2.45) is 5.92 Å². The Bertz CT molecular complexity index is 546. The monoisotopic (exact) mass is 272 g/mol. The third-order valence-corrected chi connectivity index (χ3v) is 2.88. The van der Waals surface area contributed by atoms with Gasteiger partial charge in [-0.2, -0.15) is 4.39 Å². The number of hydrogen-bond donors (Lipinski definition) is 2. The van der Waals surface area contributed by atoms with Crippen molar-refractivity contribution in [1.29, 1.82) is 0 Å². The Morgan fingerprint density at radius 1 is 1.47 bits per heavy atom. The number of halogens is 2. The minimum absolute atomic E-state index is 0.177. The lowest BCUT2D eigenvalue weighted by Crippen LogP contribution is -2.31. The van der Waals surface area contributed by atoms with E-state index < -0.39 is 39.9 Å². The SMILES string of the molecule is O=C(O)C(Nc1cc(F)cc(F)c1[N+](=O)[O-])C1CC1. The molecule has 1 aromatic rings. The van der Waals surface area contributed by atoms with E-state index >= 15 is 0 Å². The minimum Gasteiger partial charge on any atom is -0.480 e. The van der Waals surface area contributed by atoms with Gasteiger partial charge in [0.05, 0.1) is 4.92 Å². The van der Waals surface area contributed by atoms with Gasteiger partial charge in [0, 0.05) is 12.1 Å². The number of nitro benzene ring substituents is 1. The highest BCUT2D eigenvalue weighted by molar-refractivity contribution is 5.80. The van der Waals surface area contributed by atoms with Crippen LogP contribution in [0.5, 0.6) is 0 Å². The summed E-state index contributed by atoms with van der Waals surface area (Å²) in [5.74, 6) is -3.73. The number of carboxylic acids is 1. The van der Waals surface area contributed by atoms with Gasteiger partial charge in [-0.05, 0) is 18.8 Å². The summed E-state index contributed by atoms with van der Waals surface area (Å²) in [4.78, 5) is 20.8. The number of hydrogen-bond acceptors (Lipinski definition) is 4. The summed E-state index contributed by atoms with van der Waals surface area (Å²) in [5, 5.41) is 22.1. The van der Waals surface area contributed by atoms with Gasteiger partial charge in [-0.15, -0.1) is 0 Å². The summed E-state index contributed by atoms with van der Waals surface area (Å²) in [6.45, 7) is 0. The number of benzene rings is 1. The van der Waals surface area contributed by atoms with Crippen LogP contribution in [0.3, 0.4) is 0 Å². The van der Waals surface area contributed by atoms with Gasteiger partial charge >= 0.3 is 11.7 Å². The molecule has 0 bridgehead atoms. The first-order valence-electron chi connectivity index (χ1n) is 5.53. The fraction of sp³-hybridized carbons (Fsp3) is 0.364. The molecule has 6 nitrogen and oxygen atoms in total. The molecule has 1 saturated carbocycles. The summed E-state index contributed by atoms with van der Waals surface area (Å²) < 4.78 is 26.5. The quantitative estimate of drug-likeness (QED) is 0.632. The van der Waals surface area contributed by atoms with Crippen LogP contribution in [0.4, 0.5) is 20.2 Å². The topological polar surface area (TPSA) is 92.5 Å². The lowest BCUT2D eigenvalue weighted by Gasteiger charge is -2.15. The first kappa shape index (κ1) is 13.2. The molecule has 1 fully saturated rings. The van der Waals surface area contributed by atoms with Gasteiger partial charge in [0.25, 0.3) is 0 Å². The third kappa shape index (κ3) is 2.78. The third-order valence-electron chi connectivity index (χ3n) is 2.88. The molecule has 1 aliphatic carbocycles. The van der Waals surface area contributed by atoms with E-state index in [1.54, 1.807) is 0 Å². The normalized spacial score (nSPS) is 15.9. The smallest absolute Gasteiger partial charge is 0.327 e. The van der Waals surface area contributed by atoms with Crippen molar-refractivity contribution in [2.75, 3.05) is 5.32 Å². The number of carbonyl (C=O) groups is 1. The molecule has 1 atom stereocenters. The maximum Gasteiger partial charge on any atom is 0.327 e. The van der Waals surface area contributed by atoms with E-state index in [0.29, 0.717) is 18.9 Å². The average molecular weight is 272 g/mol. The highest BCUT2D eigenvalue weighted by Crippen LogP contribution is 2.37. The van der Waals surface area contributed by atoms with Gasteiger partial charge in [0.15, 0.2) is 0 Å². The van der Waals surface area contributed by atoms with Crippen molar-refractivity contribution < 1.29 is 23.6 Å². The van der Waals surface area contributed by atoms with E-state index in [2.05, 4.69) is 5.32 Å². The molecule has 0 amide bonds. The Balaban J connectivity index is 2.37. The number of anilines is 1. The summed E-state index contributed by atoms with van der Waals surface area (Å²) >= 11 is 0. The molecule has 102 valence electrons. The molecule has 1 aliphatic rings. The standard InChI is InChI=1S/C11H10F2N2O4/c12-6-3-7(13)10(15(18)19)8(4-6)14-9(11(16)17)5-1-2-5/h3-5,9,14H,1-2H2,(H,16,17). The van der Waals surface area contributed by atoms with Crippen LogP contribution in [0.2, 0.25) is 0 Å². The fourth-order valence-electron chi connectivity index (χ4n) is 1.84. The Morgan fingerprint density at radius 2 is 2.11 bits per heavy atom. The van der Waals surface area contributed by atoms with Crippen molar-refractivity contribution >= 4 is 17.3 Å². The van der Waals surface area contributed by atoms with Crippen LogP contribution in [0.25, 0.3) is 0 Å². The Labute approximate surface area is 106 Å². The molecular weight excluding hydrogens is 262 g/mol. The number of rotatable bonds is 5. The van der Waals surface area contributed by atoms with Crippen molar-refractivity contribution in [2.45, 2.75) is 18.9 Å². The summed E-state index contributed by atoms with van der Waals surface area (Å²) in [6.07, 6.45) is 1.32. The van der Waals surface area contributed by atoms with E-state index in [4.69, 9.17) is 5.11 Å². The second-order valence-corrected chi connectivity index (χ2v) is 4.34. The largest absolute Gasteiger partial charge is 0.480 e. The van der Waals surface area contributed by atoms with Crippen LogP contribution in [0, 0.1) is 27.7 Å². The van der Waals surface area contributed by atoms with Crippen LogP contribution < -0.4 is 5.32 Å². The Kier molecular flexibility index (Phi) is 3.32. The molecule has 0 aliphatic heterocycles. The van der Waals surface area contributed by atoms with Crippen LogP contribution >= 0.6 is 0 Å². The van der Waals surface area contributed by atoms with Crippen molar-refractivity contribution in [3.8, 4) is 0 Å². The molecule has 0 heterocycles. The van der Waals surface area contributed by atoms with Gasteiger partial charge < -0.3 is 10.4 Å². The van der Waals surface area contributed by atoms with Gasteiger partial charge in [-0.3, -0.25) is 10.1 Å². The highest BCUT2D eigenvalue weighted by atomic mass is 19.1. The van der Waals surface area contributed by atoms with Crippen molar-refractivity contribution in [3.63, 3.8) is 0 Å². The first-order chi connectivity index (χ1) is 8.90. The minimum atomic E-state index is -1.34. The molecular formula is C11H10F2N2O4. The van der Waals surface area contributed by atoms with Crippen LogP contribution in [-0.2, 0) is 4.79 Å². The molecule has 0 radical (unpaired) electrons. The molecule has 1 unspecified atom stereocenters. The molecule has 0 saturated heterocycles. The van der Waals surface area contributed by atoms with E-state index in [-0.39, 0.29) is 5.92 Å². The second-order valence-electron chi connectivity index (χ2n) is 4.34. The zero-order chi connectivity index (χ0) is 14.2. The molecule has 2 rings (SSSR count). The number of aliphatic carboxylic acids is 1. The second kappa shape index (κ2) is 4.79. The summed E-state index contributed by atoms with van der Waals surface area (Å²) in [6, 6.07) is 0.0235. The fourth-order valence-corrected chi connectivity index (χ4v) is 1.84. The zero-order valence-corrected chi connectivity index (χ0v) is 9.60. The summed E-state index contributed by atoms with van der Waals surface area (Å²) in [5.41, 5.74) is -1.41. The van der Waals surface area contributed by atoms with E-state index in [1.165, 1.54) is 0 Å². The zero-order valence-electron chi connectivity index (χ0n) is 9.60. The van der Waals surface area contributed by atoms with E-state index in [0.717, 1.165) is 6.07 Å². The van der Waals surface area contributed by atoms with E-state index in [1.807, 2.05) is 0 Å². The molecule has 8 heteroatoms. The van der Waals surface area contributed by atoms with E-state index in [9.17, 15) is 23.7 Å². The van der Waals surface area contributed by atoms with Gasteiger partial charge in [-0.25, -0.2) is 9.18 Å². The maximum absolute atomic E-state index is 13.4. The molecule has 0 spiro atoms. The Morgan fingerprint density at radius 3 is 2.58 bits per heavy atom. The molecule has 19 heavy (non-hydrogen) atoms. The van der Waals surface area contributed by atoms with Gasteiger partial charge in [0.2, 0.25) is 5.82 Å². The van der Waals surface area contributed by atoms with Gasteiger partial charge in [0.1, 0.15) is 17.5 Å². The molecule has 2 N–H and O–H groups in total. The van der Waals surface area contributed by atoms with Crippen molar-refractivity contribution in [3.05, 3.63) is 33.9 Å². The van der Waals surface area contributed by atoms with Crippen LogP contribution in [-0.4, -0.2) is 22.0 Å². The molecule has 0 aromatic heterocycles. The lowest BCUT2D eigenvalue weighted by molar-refractivity contribution is -0.386. The maximum atomic E-state index is 13.4. The van der Waals surface area contributed by atoms with Crippen LogP contribution in [0.1, 0.15) is 12.8 Å². The number of nitrogens with zero attached hydrogens (tertiary/aromatic N) is 1. The lowest BCUT2D eigenvalue weighted by atomic mass is 10.1. The number of carboxylic acid groups (broad SMARTS) is 1. The number of nitro groups is 1. The number of nitrogens with one attached hydrogen (secondary N) is 1. The Hall–Kier alpha value is -2.25. The first-order valence-corrected chi connectivity index (χ1v) is 5.53. The van der Waals surface area contributed by atoms with Crippen molar-refractivity contribution in [1.82, 2.24) is 0 Å². The highest BCUT2D eigenvalue weighted by Gasteiger charge is 2.37. The van der Waals surface area contributed by atoms with Gasteiger partial charge in [-0.1, -0.05) is 0 Å². The predicted molar refractivity (Wildman–Crippen MR) is 60.8 cm³/mol. The predicted octanol–water partition coefficient (Wildman–Crippen LogP) is 2.15. The average Bonchev–Trinajstić information content (AvgIpc) is 3.07. The van der Waals surface area contributed by atoms with Crippen LogP contribution in [0.15, 0.2) is 12.1 Å². The summed E-state index contributed by atoms with van der Waals surface area (Å²) in [7, 11) is 0.